The molecule has 0 heterocycles. The molecule has 0 bridgehead atoms. The molecule has 0 radical (unpaired) electrons. The maximum absolute atomic E-state index is 11.2. The largest absolute Gasteiger partial charge is 0.379 e. The molecule has 108 valence electrons. The SMILES string of the molecule is CC.CCC(=O)N(C)CCOCCC(=O)C(C)C. The summed E-state index contributed by atoms with van der Waals surface area (Å²) in [7, 11) is 1.76. The molecule has 0 aromatic rings. The van der Waals surface area contributed by atoms with Gasteiger partial charge in [0.2, 0.25) is 5.91 Å². The van der Waals surface area contributed by atoms with Crippen LogP contribution in [0.3, 0.4) is 0 Å². The summed E-state index contributed by atoms with van der Waals surface area (Å²) in [5.41, 5.74) is 0. The molecule has 4 nitrogen and oxygen atoms in total. The standard InChI is InChI=1S/C12H23NO3.C2H6/c1-5-12(15)13(4)7-9-16-8-6-11(14)10(2)3;1-2/h10H,5-9H2,1-4H3;1-2H3. The second-order valence-electron chi connectivity index (χ2n) is 4.15. The molecule has 0 atom stereocenters. The topological polar surface area (TPSA) is 46.6 Å². The molecule has 0 saturated heterocycles. The first-order valence-corrected chi connectivity index (χ1v) is 6.83. The lowest BCUT2D eigenvalue weighted by molar-refractivity contribution is -0.130. The Bertz CT molecular complexity index is 227. The van der Waals surface area contributed by atoms with Crippen LogP contribution in [-0.4, -0.2) is 43.4 Å². The highest BCUT2D eigenvalue weighted by Gasteiger charge is 2.07. The number of hydrogen-bond acceptors (Lipinski definition) is 3. The van der Waals surface area contributed by atoms with E-state index in [1.165, 1.54) is 0 Å². The van der Waals surface area contributed by atoms with Crippen LogP contribution in [-0.2, 0) is 14.3 Å². The van der Waals surface area contributed by atoms with Crippen molar-refractivity contribution in [3.8, 4) is 0 Å². The molecular weight excluding hydrogens is 230 g/mol. The Labute approximate surface area is 112 Å². The third kappa shape index (κ3) is 10.3. The minimum atomic E-state index is 0.0768. The molecule has 0 aliphatic carbocycles. The molecule has 0 N–H and O–H groups in total. The maximum atomic E-state index is 11.2. The van der Waals surface area contributed by atoms with Gasteiger partial charge in [0.1, 0.15) is 5.78 Å². The van der Waals surface area contributed by atoms with Gasteiger partial charge in [-0.1, -0.05) is 34.6 Å². The van der Waals surface area contributed by atoms with Gasteiger partial charge in [-0.15, -0.1) is 0 Å². The van der Waals surface area contributed by atoms with E-state index in [1.54, 1.807) is 11.9 Å². The van der Waals surface area contributed by atoms with Gasteiger partial charge in [0.15, 0.2) is 0 Å². The molecule has 0 aliphatic rings. The Morgan fingerprint density at radius 2 is 1.72 bits per heavy atom. The number of ketones is 1. The number of carbonyl (C=O) groups excluding carboxylic acids is 2. The second kappa shape index (κ2) is 12.6. The van der Waals surface area contributed by atoms with E-state index >= 15 is 0 Å². The first-order chi connectivity index (χ1) is 8.49. The van der Waals surface area contributed by atoms with E-state index < -0.39 is 0 Å². The predicted octanol–water partition coefficient (Wildman–Crippen LogP) is 2.51. The number of nitrogens with zero attached hydrogens (tertiary/aromatic N) is 1. The van der Waals surface area contributed by atoms with Crippen molar-refractivity contribution in [3.63, 3.8) is 0 Å². The minimum Gasteiger partial charge on any atom is -0.379 e. The highest BCUT2D eigenvalue weighted by Crippen LogP contribution is 1.98. The zero-order chi connectivity index (χ0) is 14.6. The third-order valence-corrected chi connectivity index (χ3v) is 2.44. The molecule has 0 aliphatic heterocycles. The van der Waals surface area contributed by atoms with Gasteiger partial charge in [-0.05, 0) is 0 Å². The summed E-state index contributed by atoms with van der Waals surface area (Å²) in [6.45, 7) is 11.1. The molecule has 0 spiro atoms. The zero-order valence-corrected chi connectivity index (χ0v) is 12.8. The van der Waals surface area contributed by atoms with Crippen molar-refractivity contribution >= 4 is 11.7 Å². The Morgan fingerprint density at radius 1 is 1.17 bits per heavy atom. The van der Waals surface area contributed by atoms with Crippen molar-refractivity contribution in [3.05, 3.63) is 0 Å². The summed E-state index contributed by atoms with van der Waals surface area (Å²) < 4.78 is 5.31. The van der Waals surface area contributed by atoms with Gasteiger partial charge in [-0.2, -0.15) is 0 Å². The number of ether oxygens (including phenoxy) is 1. The van der Waals surface area contributed by atoms with Crippen molar-refractivity contribution in [2.75, 3.05) is 26.8 Å². The van der Waals surface area contributed by atoms with Crippen LogP contribution >= 0.6 is 0 Å². The van der Waals surface area contributed by atoms with E-state index in [0.29, 0.717) is 32.6 Å². The number of rotatable bonds is 8. The quantitative estimate of drug-likeness (QED) is 0.629. The highest BCUT2D eigenvalue weighted by atomic mass is 16.5. The summed E-state index contributed by atoms with van der Waals surface area (Å²) in [6.07, 6.45) is 0.978. The van der Waals surface area contributed by atoms with Crippen molar-refractivity contribution in [1.82, 2.24) is 4.90 Å². The van der Waals surface area contributed by atoms with Crippen LogP contribution < -0.4 is 0 Å². The average molecular weight is 259 g/mol. The van der Waals surface area contributed by atoms with Crippen molar-refractivity contribution in [2.24, 2.45) is 5.92 Å². The number of likely N-dealkylation sites (N-methyl/N-ethyl adjacent to an activating group) is 1. The van der Waals surface area contributed by atoms with Crippen LogP contribution in [0.25, 0.3) is 0 Å². The monoisotopic (exact) mass is 259 g/mol. The van der Waals surface area contributed by atoms with Gasteiger partial charge in [0.25, 0.3) is 0 Å². The van der Waals surface area contributed by atoms with Gasteiger partial charge in [0.05, 0.1) is 13.2 Å². The van der Waals surface area contributed by atoms with Gasteiger partial charge in [-0.3, -0.25) is 9.59 Å². The predicted molar refractivity (Wildman–Crippen MR) is 74.6 cm³/mol. The fraction of sp³-hybridized carbons (Fsp3) is 0.857. The smallest absolute Gasteiger partial charge is 0.222 e. The first kappa shape index (κ1) is 19.4. The highest BCUT2D eigenvalue weighted by molar-refractivity contribution is 5.80. The normalized spacial score (nSPS) is 9.72. The second-order valence-corrected chi connectivity index (χ2v) is 4.15. The van der Waals surface area contributed by atoms with Crippen molar-refractivity contribution in [1.29, 1.82) is 0 Å². The Balaban J connectivity index is 0. The number of carbonyl (C=O) groups is 2. The summed E-state index contributed by atoms with van der Waals surface area (Å²) >= 11 is 0. The van der Waals surface area contributed by atoms with Crippen LogP contribution in [0, 0.1) is 5.92 Å². The van der Waals surface area contributed by atoms with Crippen molar-refractivity contribution in [2.45, 2.75) is 47.5 Å². The molecule has 1 amide bonds. The number of Topliss-reactive ketones (excluding diaryl/α,β-unsaturated/α-hetero) is 1. The van der Waals surface area contributed by atoms with E-state index in [9.17, 15) is 9.59 Å². The van der Waals surface area contributed by atoms with E-state index in [-0.39, 0.29) is 17.6 Å². The Hall–Kier alpha value is -0.900. The molecule has 0 fully saturated rings. The number of hydrogen-bond donors (Lipinski definition) is 0. The molecule has 4 heteroatoms. The fourth-order valence-corrected chi connectivity index (χ4v) is 1.16. The van der Waals surface area contributed by atoms with Crippen LogP contribution in [0.1, 0.15) is 47.5 Å². The molecule has 0 aromatic carbocycles. The molecule has 0 rings (SSSR count). The third-order valence-electron chi connectivity index (χ3n) is 2.44. The minimum absolute atomic E-state index is 0.0768. The Morgan fingerprint density at radius 3 is 2.17 bits per heavy atom. The molecule has 18 heavy (non-hydrogen) atoms. The van der Waals surface area contributed by atoms with Crippen LogP contribution in [0.5, 0.6) is 0 Å². The average Bonchev–Trinajstić information content (AvgIpc) is 2.38. The van der Waals surface area contributed by atoms with E-state index in [4.69, 9.17) is 4.74 Å². The van der Waals surface area contributed by atoms with E-state index in [2.05, 4.69) is 0 Å². The van der Waals surface area contributed by atoms with Gasteiger partial charge >= 0.3 is 0 Å². The number of amides is 1. The molecular formula is C14H29NO3. The Kier molecular flexibility index (Phi) is 13.6. The lowest BCUT2D eigenvalue weighted by Gasteiger charge is -2.16. The fourth-order valence-electron chi connectivity index (χ4n) is 1.16. The lowest BCUT2D eigenvalue weighted by atomic mass is 10.1. The van der Waals surface area contributed by atoms with Gasteiger partial charge in [-0.25, -0.2) is 0 Å². The molecule has 0 unspecified atom stereocenters. The van der Waals surface area contributed by atoms with E-state index in [0.717, 1.165) is 0 Å². The summed E-state index contributed by atoms with van der Waals surface area (Å²) in [5, 5.41) is 0. The lowest BCUT2D eigenvalue weighted by Crippen LogP contribution is -2.29. The van der Waals surface area contributed by atoms with Crippen molar-refractivity contribution < 1.29 is 14.3 Å². The summed E-state index contributed by atoms with van der Waals surface area (Å²) in [6, 6.07) is 0. The van der Waals surface area contributed by atoms with Crippen LogP contribution in [0.4, 0.5) is 0 Å². The maximum Gasteiger partial charge on any atom is 0.222 e. The summed E-state index contributed by atoms with van der Waals surface area (Å²) in [5.74, 6) is 0.410. The summed E-state index contributed by atoms with van der Waals surface area (Å²) in [4.78, 5) is 24.1. The van der Waals surface area contributed by atoms with Crippen LogP contribution in [0.15, 0.2) is 0 Å². The first-order valence-electron chi connectivity index (χ1n) is 6.83. The van der Waals surface area contributed by atoms with Crippen LogP contribution in [0.2, 0.25) is 0 Å². The van der Waals surface area contributed by atoms with Gasteiger partial charge in [0, 0.05) is 32.4 Å². The molecule has 0 aromatic heterocycles. The van der Waals surface area contributed by atoms with Gasteiger partial charge < -0.3 is 9.64 Å². The zero-order valence-electron chi connectivity index (χ0n) is 12.8. The van der Waals surface area contributed by atoms with E-state index in [1.807, 2.05) is 34.6 Å². The molecule has 0 saturated carbocycles.